The number of nitrogens with one attached hydrogen (secondary N) is 1. The number of amides is 1. The number of carbonyl (C=O) groups excluding carboxylic acids is 1. The molecule has 1 N–H and O–H groups in total. The molecule has 1 aromatic carbocycles. The minimum Gasteiger partial charge on any atom is -0.325 e. The molecule has 3 aromatic rings. The minimum absolute atomic E-state index is 0. The lowest BCUT2D eigenvalue weighted by atomic mass is 10.2. The average Bonchev–Trinajstić information content (AvgIpc) is 3.41. The average molecular weight is 435 g/mol. The first-order valence-corrected chi connectivity index (χ1v) is 9.46. The lowest BCUT2D eigenvalue weighted by molar-refractivity contribution is -0.117. The third kappa shape index (κ3) is 4.17. The van der Waals surface area contributed by atoms with Crippen LogP contribution in [0.1, 0.15) is 24.1 Å². The first-order chi connectivity index (χ1) is 13.3. The van der Waals surface area contributed by atoms with Gasteiger partial charge in [-0.05, 0) is 30.2 Å². The van der Waals surface area contributed by atoms with Gasteiger partial charge in [0, 0.05) is 50.7 Å². The van der Waals surface area contributed by atoms with E-state index in [4.69, 9.17) is 5.10 Å². The summed E-state index contributed by atoms with van der Waals surface area (Å²) in [5.74, 6) is 1.11. The van der Waals surface area contributed by atoms with E-state index in [0.29, 0.717) is 6.42 Å². The Hall–Kier alpha value is -2.35. The number of fused-ring (bicyclic) bond motifs is 1. The van der Waals surface area contributed by atoms with E-state index >= 15 is 0 Å². The molecule has 4 heterocycles. The largest absolute Gasteiger partial charge is 0.325 e. The van der Waals surface area contributed by atoms with Crippen LogP contribution < -0.4 is 10.2 Å². The first kappa shape index (κ1) is 21.4. The van der Waals surface area contributed by atoms with Crippen molar-refractivity contribution in [2.75, 3.05) is 18.0 Å². The molecule has 0 bridgehead atoms. The van der Waals surface area contributed by atoms with Crippen LogP contribution in [0.25, 0.3) is 11.5 Å². The van der Waals surface area contributed by atoms with Crippen LogP contribution in [0.5, 0.6) is 0 Å². The number of nitrogens with zero attached hydrogens (tertiary/aromatic N) is 5. The SMILES string of the molecule is Cl.Cl.O=C1CCCN1c1ccc(Cn2ccnc2-c2cc3n(n2)CCNC3)cc1. The van der Waals surface area contributed by atoms with Gasteiger partial charge >= 0.3 is 0 Å². The molecule has 2 aromatic heterocycles. The zero-order chi connectivity index (χ0) is 18.2. The molecule has 7 nitrogen and oxygen atoms in total. The lowest BCUT2D eigenvalue weighted by Gasteiger charge is -2.16. The van der Waals surface area contributed by atoms with Gasteiger partial charge in [-0.25, -0.2) is 4.98 Å². The molecular weight excluding hydrogens is 411 g/mol. The molecule has 5 rings (SSSR count). The summed E-state index contributed by atoms with van der Waals surface area (Å²) in [6.07, 6.45) is 5.42. The highest BCUT2D eigenvalue weighted by Crippen LogP contribution is 2.23. The van der Waals surface area contributed by atoms with Gasteiger partial charge in [-0.1, -0.05) is 12.1 Å². The lowest BCUT2D eigenvalue weighted by Crippen LogP contribution is -2.28. The predicted molar refractivity (Wildman–Crippen MR) is 117 cm³/mol. The van der Waals surface area contributed by atoms with Crippen molar-refractivity contribution in [2.24, 2.45) is 0 Å². The molecule has 0 saturated carbocycles. The highest BCUT2D eigenvalue weighted by molar-refractivity contribution is 5.95. The summed E-state index contributed by atoms with van der Waals surface area (Å²) >= 11 is 0. The molecule has 0 unspecified atom stereocenters. The number of anilines is 1. The molecule has 154 valence electrons. The molecule has 0 atom stereocenters. The van der Waals surface area contributed by atoms with Crippen molar-refractivity contribution < 1.29 is 4.79 Å². The van der Waals surface area contributed by atoms with Gasteiger partial charge in [-0.15, -0.1) is 24.8 Å². The van der Waals surface area contributed by atoms with Gasteiger partial charge in [0.2, 0.25) is 5.91 Å². The standard InChI is InChI=1S/C20H22N6O.2ClH/c27-19-2-1-9-25(19)16-5-3-15(4-6-16)14-24-10-8-22-20(24)18-12-17-13-21-7-11-26(17)23-18;;/h3-6,8,10,12,21H,1-2,7,9,11,13-14H2;2*1H. The van der Waals surface area contributed by atoms with Crippen LogP contribution in [0, 0.1) is 0 Å². The maximum atomic E-state index is 11.9. The number of halogens is 2. The highest BCUT2D eigenvalue weighted by Gasteiger charge is 2.21. The summed E-state index contributed by atoms with van der Waals surface area (Å²) < 4.78 is 4.19. The number of imidazole rings is 1. The zero-order valence-corrected chi connectivity index (χ0v) is 17.6. The second-order valence-corrected chi connectivity index (χ2v) is 7.11. The smallest absolute Gasteiger partial charge is 0.227 e. The van der Waals surface area contributed by atoms with E-state index in [0.717, 1.165) is 56.4 Å². The molecule has 1 fully saturated rings. The molecule has 29 heavy (non-hydrogen) atoms. The molecule has 1 amide bonds. The zero-order valence-electron chi connectivity index (χ0n) is 16.0. The monoisotopic (exact) mass is 434 g/mol. The number of hydrogen-bond donors (Lipinski definition) is 1. The molecule has 2 aliphatic rings. The van der Waals surface area contributed by atoms with Crippen LogP contribution in [-0.2, 0) is 24.4 Å². The van der Waals surface area contributed by atoms with E-state index < -0.39 is 0 Å². The summed E-state index contributed by atoms with van der Waals surface area (Å²) in [4.78, 5) is 18.3. The summed E-state index contributed by atoms with van der Waals surface area (Å²) in [5, 5.41) is 8.09. The maximum absolute atomic E-state index is 11.9. The van der Waals surface area contributed by atoms with Gasteiger partial charge in [0.25, 0.3) is 0 Å². The Morgan fingerprint density at radius 2 is 1.93 bits per heavy atom. The fraction of sp³-hybridized carbons (Fsp3) is 0.350. The van der Waals surface area contributed by atoms with Crippen molar-refractivity contribution in [2.45, 2.75) is 32.5 Å². The molecule has 0 spiro atoms. The second kappa shape index (κ2) is 8.98. The van der Waals surface area contributed by atoms with Crippen molar-refractivity contribution in [3.63, 3.8) is 0 Å². The third-order valence-corrected chi connectivity index (χ3v) is 5.29. The summed E-state index contributed by atoms with van der Waals surface area (Å²) in [6.45, 7) is 4.25. The van der Waals surface area contributed by atoms with Crippen molar-refractivity contribution in [3.05, 3.63) is 54.0 Å². The fourth-order valence-electron chi connectivity index (χ4n) is 3.87. The number of carbonyl (C=O) groups is 1. The van der Waals surface area contributed by atoms with Crippen LogP contribution in [0.15, 0.2) is 42.7 Å². The number of benzene rings is 1. The molecule has 0 radical (unpaired) electrons. The van der Waals surface area contributed by atoms with Crippen LogP contribution in [0.2, 0.25) is 0 Å². The van der Waals surface area contributed by atoms with Crippen molar-refractivity contribution in [1.82, 2.24) is 24.6 Å². The molecule has 0 aliphatic carbocycles. The van der Waals surface area contributed by atoms with Gasteiger partial charge in [0.05, 0.1) is 12.2 Å². The maximum Gasteiger partial charge on any atom is 0.227 e. The molecule has 1 saturated heterocycles. The molecule has 9 heteroatoms. The van der Waals surface area contributed by atoms with Crippen LogP contribution in [0.4, 0.5) is 5.69 Å². The van der Waals surface area contributed by atoms with Crippen molar-refractivity contribution in [3.8, 4) is 11.5 Å². The summed E-state index contributed by atoms with van der Waals surface area (Å²) in [6, 6.07) is 10.4. The van der Waals surface area contributed by atoms with Crippen LogP contribution in [0.3, 0.4) is 0 Å². The Morgan fingerprint density at radius 3 is 2.66 bits per heavy atom. The highest BCUT2D eigenvalue weighted by atomic mass is 35.5. The molecule has 2 aliphatic heterocycles. The van der Waals surface area contributed by atoms with E-state index in [2.05, 4.69) is 37.7 Å². The van der Waals surface area contributed by atoms with Gasteiger partial charge in [-0.3, -0.25) is 9.48 Å². The van der Waals surface area contributed by atoms with E-state index in [9.17, 15) is 4.79 Å². The Labute approximate surface area is 181 Å². The van der Waals surface area contributed by atoms with Gasteiger partial charge in [0.1, 0.15) is 5.69 Å². The molecular formula is C20H24Cl2N6O. The van der Waals surface area contributed by atoms with Crippen LogP contribution in [-0.4, -0.2) is 38.3 Å². The van der Waals surface area contributed by atoms with E-state index in [1.807, 2.05) is 29.4 Å². The van der Waals surface area contributed by atoms with Crippen molar-refractivity contribution in [1.29, 1.82) is 0 Å². The number of rotatable bonds is 4. The van der Waals surface area contributed by atoms with Gasteiger partial charge in [-0.2, -0.15) is 5.10 Å². The number of hydrogen-bond acceptors (Lipinski definition) is 4. The Bertz CT molecular complexity index is 958. The fourth-order valence-corrected chi connectivity index (χ4v) is 3.87. The van der Waals surface area contributed by atoms with Crippen LogP contribution >= 0.6 is 24.8 Å². The second-order valence-electron chi connectivity index (χ2n) is 7.11. The van der Waals surface area contributed by atoms with Crippen molar-refractivity contribution >= 4 is 36.4 Å². The van der Waals surface area contributed by atoms with Gasteiger partial charge in [0.15, 0.2) is 5.82 Å². The predicted octanol–water partition coefficient (Wildman–Crippen LogP) is 2.87. The topological polar surface area (TPSA) is 68.0 Å². The Balaban J connectivity index is 0.00000120. The minimum atomic E-state index is 0. The summed E-state index contributed by atoms with van der Waals surface area (Å²) in [5.41, 5.74) is 4.28. The normalized spacial score (nSPS) is 15.6. The quantitative estimate of drug-likeness (QED) is 0.685. The van der Waals surface area contributed by atoms with Gasteiger partial charge < -0.3 is 14.8 Å². The Morgan fingerprint density at radius 1 is 1.10 bits per heavy atom. The number of aromatic nitrogens is 4. The van der Waals surface area contributed by atoms with E-state index in [1.54, 1.807) is 0 Å². The van der Waals surface area contributed by atoms with E-state index in [-0.39, 0.29) is 30.7 Å². The third-order valence-electron chi connectivity index (χ3n) is 5.29. The summed E-state index contributed by atoms with van der Waals surface area (Å²) in [7, 11) is 0. The first-order valence-electron chi connectivity index (χ1n) is 9.46. The van der Waals surface area contributed by atoms with E-state index in [1.165, 1.54) is 11.3 Å². The Kier molecular flexibility index (Phi) is 6.62.